The van der Waals surface area contributed by atoms with E-state index in [0.29, 0.717) is 6.04 Å². The molecule has 140 valence electrons. The van der Waals surface area contributed by atoms with E-state index in [1.54, 1.807) is 7.11 Å². The first-order valence-electron chi connectivity index (χ1n) is 9.56. The lowest BCUT2D eigenvalue weighted by Gasteiger charge is -2.24. The molecule has 0 radical (unpaired) electrons. The van der Waals surface area contributed by atoms with Crippen molar-refractivity contribution >= 4 is 16.6 Å². The average molecular weight is 362 g/mol. The van der Waals surface area contributed by atoms with Gasteiger partial charge >= 0.3 is 0 Å². The molecule has 3 aromatic rings. The van der Waals surface area contributed by atoms with Crippen molar-refractivity contribution in [1.29, 1.82) is 0 Å². The maximum Gasteiger partial charge on any atom is 0.159 e. The Hall–Kier alpha value is -2.66. The van der Waals surface area contributed by atoms with Crippen LogP contribution in [0.1, 0.15) is 13.3 Å². The predicted octanol–water partition coefficient (Wildman–Crippen LogP) is 3.84. The zero-order chi connectivity index (χ0) is 18.8. The van der Waals surface area contributed by atoms with Gasteiger partial charge in [-0.3, -0.25) is 0 Å². The van der Waals surface area contributed by atoms with Gasteiger partial charge in [-0.2, -0.15) is 0 Å². The minimum absolute atomic E-state index is 0.580. The van der Waals surface area contributed by atoms with Crippen molar-refractivity contribution < 1.29 is 4.74 Å². The fourth-order valence-corrected chi connectivity index (χ4v) is 3.84. The third kappa shape index (κ3) is 3.35. The summed E-state index contributed by atoms with van der Waals surface area (Å²) in [4.78, 5) is 4.80. The monoisotopic (exact) mass is 362 g/mol. The van der Waals surface area contributed by atoms with Crippen molar-refractivity contribution in [2.24, 2.45) is 0 Å². The van der Waals surface area contributed by atoms with Crippen LogP contribution in [0.4, 0.5) is 5.82 Å². The Morgan fingerprint density at radius 3 is 2.52 bits per heavy atom. The molecule has 1 aromatic heterocycles. The van der Waals surface area contributed by atoms with Gasteiger partial charge in [0.15, 0.2) is 5.82 Å². The number of hydrogen-bond acceptors (Lipinski definition) is 5. The molecule has 0 saturated carbocycles. The summed E-state index contributed by atoms with van der Waals surface area (Å²) in [7, 11) is 3.88. The van der Waals surface area contributed by atoms with Crippen LogP contribution in [0.5, 0.6) is 5.75 Å². The van der Waals surface area contributed by atoms with Crippen molar-refractivity contribution in [2.45, 2.75) is 19.4 Å². The van der Waals surface area contributed by atoms with E-state index in [2.05, 4.69) is 58.2 Å². The van der Waals surface area contributed by atoms with Crippen LogP contribution >= 0.6 is 0 Å². The van der Waals surface area contributed by atoms with E-state index in [4.69, 9.17) is 4.74 Å². The van der Waals surface area contributed by atoms with Crippen molar-refractivity contribution in [2.75, 3.05) is 38.7 Å². The molecule has 1 unspecified atom stereocenters. The van der Waals surface area contributed by atoms with E-state index in [9.17, 15) is 0 Å². The highest BCUT2D eigenvalue weighted by atomic mass is 16.5. The van der Waals surface area contributed by atoms with Crippen LogP contribution in [0.25, 0.3) is 22.0 Å². The van der Waals surface area contributed by atoms with Gasteiger partial charge in [-0.25, -0.2) is 0 Å². The first kappa shape index (κ1) is 17.7. The summed E-state index contributed by atoms with van der Waals surface area (Å²) in [5, 5.41) is 11.6. The third-order valence-corrected chi connectivity index (χ3v) is 5.62. The highest BCUT2D eigenvalue weighted by Gasteiger charge is 2.27. The largest absolute Gasteiger partial charge is 0.497 e. The second-order valence-corrected chi connectivity index (χ2v) is 7.11. The number of anilines is 1. The molecule has 1 atom stereocenters. The molecule has 0 amide bonds. The van der Waals surface area contributed by atoms with Gasteiger partial charge in [0.1, 0.15) is 11.4 Å². The molecule has 1 aliphatic rings. The summed E-state index contributed by atoms with van der Waals surface area (Å²) in [5.74, 6) is 1.84. The lowest BCUT2D eigenvalue weighted by Crippen LogP contribution is -2.34. The van der Waals surface area contributed by atoms with E-state index >= 15 is 0 Å². The molecular weight excluding hydrogens is 336 g/mol. The minimum atomic E-state index is 0.580. The number of fused-ring (bicyclic) bond motifs is 1. The highest BCUT2D eigenvalue weighted by Crippen LogP contribution is 2.33. The van der Waals surface area contributed by atoms with Crippen LogP contribution in [0.2, 0.25) is 0 Å². The fraction of sp³-hybridized carbons (Fsp3) is 0.364. The smallest absolute Gasteiger partial charge is 0.159 e. The van der Waals surface area contributed by atoms with Gasteiger partial charge in [0.2, 0.25) is 0 Å². The molecule has 0 N–H and O–H groups in total. The van der Waals surface area contributed by atoms with E-state index in [1.165, 1.54) is 6.42 Å². The number of benzene rings is 2. The van der Waals surface area contributed by atoms with Crippen molar-refractivity contribution in [3.8, 4) is 17.0 Å². The van der Waals surface area contributed by atoms with Gasteiger partial charge < -0.3 is 14.5 Å². The number of aromatic nitrogens is 2. The number of rotatable bonds is 5. The lowest BCUT2D eigenvalue weighted by atomic mass is 10.0. The fourth-order valence-electron chi connectivity index (χ4n) is 3.84. The maximum atomic E-state index is 5.27. The zero-order valence-electron chi connectivity index (χ0n) is 16.2. The molecule has 1 aliphatic heterocycles. The Balaban J connectivity index is 1.72. The summed E-state index contributed by atoms with van der Waals surface area (Å²) in [6, 6.07) is 17.0. The van der Waals surface area contributed by atoms with Crippen molar-refractivity contribution in [3.05, 3.63) is 48.5 Å². The van der Waals surface area contributed by atoms with Gasteiger partial charge in [-0.1, -0.05) is 31.2 Å². The van der Waals surface area contributed by atoms with Crippen LogP contribution in [0.15, 0.2) is 48.5 Å². The van der Waals surface area contributed by atoms with Crippen molar-refractivity contribution in [3.63, 3.8) is 0 Å². The Morgan fingerprint density at radius 1 is 1.07 bits per heavy atom. The summed E-state index contributed by atoms with van der Waals surface area (Å²) in [5.41, 5.74) is 1.97. The summed E-state index contributed by atoms with van der Waals surface area (Å²) in [6.07, 6.45) is 1.17. The molecule has 0 aliphatic carbocycles. The average Bonchev–Trinajstić information content (AvgIpc) is 3.22. The normalized spacial score (nSPS) is 17.0. The molecule has 5 nitrogen and oxygen atoms in total. The standard InChI is InChI=1S/C22H26N4O/c1-4-25(2)17-13-14-26(15-17)22-20-8-6-5-7-19(20)21(23-24-22)16-9-11-18(27-3)12-10-16/h5-12,17H,4,13-15H2,1-3H3. The second-order valence-electron chi connectivity index (χ2n) is 7.11. The summed E-state index contributed by atoms with van der Waals surface area (Å²) >= 11 is 0. The predicted molar refractivity (Wildman–Crippen MR) is 110 cm³/mol. The number of nitrogens with zero attached hydrogens (tertiary/aromatic N) is 4. The van der Waals surface area contributed by atoms with Gasteiger partial charge in [0.25, 0.3) is 0 Å². The molecule has 0 spiro atoms. The topological polar surface area (TPSA) is 41.5 Å². The first-order valence-corrected chi connectivity index (χ1v) is 9.56. The summed E-state index contributed by atoms with van der Waals surface area (Å²) in [6.45, 7) is 5.31. The van der Waals surface area contributed by atoms with E-state index in [1.807, 2.05) is 24.3 Å². The second kappa shape index (κ2) is 7.53. The van der Waals surface area contributed by atoms with Crippen molar-refractivity contribution in [1.82, 2.24) is 15.1 Å². The number of methoxy groups -OCH3 is 1. The molecule has 2 aromatic carbocycles. The van der Waals surface area contributed by atoms with E-state index in [-0.39, 0.29) is 0 Å². The van der Waals surface area contributed by atoms with Crippen LogP contribution in [0.3, 0.4) is 0 Å². The zero-order valence-corrected chi connectivity index (χ0v) is 16.2. The van der Waals surface area contributed by atoms with E-state index < -0.39 is 0 Å². The van der Waals surface area contributed by atoms with Gasteiger partial charge in [0.05, 0.1) is 7.11 Å². The molecular formula is C22H26N4O. The Morgan fingerprint density at radius 2 is 1.81 bits per heavy atom. The van der Waals surface area contributed by atoms with Gasteiger partial charge in [-0.15, -0.1) is 10.2 Å². The number of likely N-dealkylation sites (N-methyl/N-ethyl adjacent to an activating group) is 1. The molecule has 1 saturated heterocycles. The first-order chi connectivity index (χ1) is 13.2. The van der Waals surface area contributed by atoms with Crippen LogP contribution in [0, 0.1) is 0 Å². The van der Waals surface area contributed by atoms with Gasteiger partial charge in [-0.05, 0) is 44.3 Å². The highest BCUT2D eigenvalue weighted by molar-refractivity contribution is 6.00. The van der Waals surface area contributed by atoms with E-state index in [0.717, 1.165) is 53.2 Å². The minimum Gasteiger partial charge on any atom is -0.497 e. The molecule has 27 heavy (non-hydrogen) atoms. The third-order valence-electron chi connectivity index (χ3n) is 5.62. The molecule has 0 bridgehead atoms. The Kier molecular flexibility index (Phi) is 4.94. The lowest BCUT2D eigenvalue weighted by molar-refractivity contribution is 0.272. The molecule has 2 heterocycles. The van der Waals surface area contributed by atoms with Crippen LogP contribution in [-0.4, -0.2) is 54.9 Å². The van der Waals surface area contributed by atoms with Crippen LogP contribution in [-0.2, 0) is 0 Å². The SMILES string of the molecule is CCN(C)C1CCN(c2nnc(-c3ccc(OC)cc3)c3ccccc23)C1. The quantitative estimate of drug-likeness (QED) is 0.690. The number of ether oxygens (including phenoxy) is 1. The maximum absolute atomic E-state index is 5.27. The van der Waals surface area contributed by atoms with Crippen LogP contribution < -0.4 is 9.64 Å². The summed E-state index contributed by atoms with van der Waals surface area (Å²) < 4.78 is 5.27. The Labute approximate surface area is 160 Å². The molecule has 1 fully saturated rings. The number of hydrogen-bond donors (Lipinski definition) is 0. The molecule has 4 rings (SSSR count). The van der Waals surface area contributed by atoms with Gasteiger partial charge in [0, 0.05) is 35.5 Å². The Bertz CT molecular complexity index is 925. The molecule has 5 heteroatoms.